The van der Waals surface area contributed by atoms with Crippen LogP contribution in [0, 0.1) is 5.41 Å². The minimum Gasteiger partial charge on any atom is -0.359 e. The van der Waals surface area contributed by atoms with Gasteiger partial charge in [-0.3, -0.25) is 0 Å². The third-order valence-electron chi connectivity index (χ3n) is 2.92. The molecule has 0 bridgehead atoms. The van der Waals surface area contributed by atoms with Crippen molar-refractivity contribution in [1.29, 1.82) is 0 Å². The fourth-order valence-electron chi connectivity index (χ4n) is 2.04. The first-order chi connectivity index (χ1) is 8.39. The molecule has 1 aliphatic rings. The molecule has 0 radical (unpaired) electrons. The minimum atomic E-state index is 0.232. The van der Waals surface area contributed by atoms with Crippen LogP contribution in [-0.4, -0.2) is 23.6 Å². The molecular formula is C13H23N5. The van der Waals surface area contributed by atoms with Gasteiger partial charge in [0.2, 0.25) is 0 Å². The van der Waals surface area contributed by atoms with Crippen molar-refractivity contribution in [3.8, 4) is 0 Å². The van der Waals surface area contributed by atoms with Crippen molar-refractivity contribution in [3.63, 3.8) is 0 Å². The first-order valence-corrected chi connectivity index (χ1v) is 6.46. The summed E-state index contributed by atoms with van der Waals surface area (Å²) >= 11 is 0. The number of hydrogen-bond donors (Lipinski definition) is 2. The van der Waals surface area contributed by atoms with Gasteiger partial charge in [-0.05, 0) is 18.3 Å². The van der Waals surface area contributed by atoms with Gasteiger partial charge < -0.3 is 10.3 Å². The molecule has 0 spiro atoms. The number of hydrazine groups is 1. The predicted octanol–water partition coefficient (Wildman–Crippen LogP) is 2.12. The summed E-state index contributed by atoms with van der Waals surface area (Å²) in [7, 11) is 2.06. The van der Waals surface area contributed by atoms with Gasteiger partial charge in [0.05, 0.1) is 0 Å². The Kier molecular flexibility index (Phi) is 3.43. The van der Waals surface area contributed by atoms with E-state index in [1.165, 1.54) is 12.8 Å². The summed E-state index contributed by atoms with van der Waals surface area (Å²) in [4.78, 5) is 11.2. The SMILES string of the molecule is CN(CC(C)(C)C)c1cc(NN)nc(C2CC2)n1. The molecule has 1 heterocycles. The highest BCUT2D eigenvalue weighted by Crippen LogP contribution is 2.39. The third-order valence-corrected chi connectivity index (χ3v) is 2.92. The largest absolute Gasteiger partial charge is 0.359 e. The van der Waals surface area contributed by atoms with E-state index in [1.807, 2.05) is 6.07 Å². The lowest BCUT2D eigenvalue weighted by Crippen LogP contribution is -2.30. The Morgan fingerprint density at radius 2 is 2.06 bits per heavy atom. The second kappa shape index (κ2) is 4.72. The molecule has 1 fully saturated rings. The molecule has 18 heavy (non-hydrogen) atoms. The highest BCUT2D eigenvalue weighted by molar-refractivity contribution is 5.49. The maximum Gasteiger partial charge on any atom is 0.145 e. The molecule has 0 amide bonds. The fourth-order valence-corrected chi connectivity index (χ4v) is 2.04. The van der Waals surface area contributed by atoms with Crippen LogP contribution in [0.2, 0.25) is 0 Å². The van der Waals surface area contributed by atoms with Gasteiger partial charge in [-0.25, -0.2) is 15.8 Å². The quantitative estimate of drug-likeness (QED) is 0.632. The Balaban J connectivity index is 2.22. The molecule has 0 unspecified atom stereocenters. The van der Waals surface area contributed by atoms with E-state index < -0.39 is 0 Å². The minimum absolute atomic E-state index is 0.232. The Hall–Kier alpha value is -1.36. The molecule has 0 aliphatic heterocycles. The van der Waals surface area contributed by atoms with E-state index in [9.17, 15) is 0 Å². The number of anilines is 2. The second-order valence-corrected chi connectivity index (χ2v) is 6.30. The molecule has 5 heteroatoms. The first-order valence-electron chi connectivity index (χ1n) is 6.46. The highest BCUT2D eigenvalue weighted by atomic mass is 15.3. The molecule has 100 valence electrons. The van der Waals surface area contributed by atoms with Gasteiger partial charge in [0.25, 0.3) is 0 Å². The normalized spacial score (nSPS) is 15.6. The van der Waals surface area contributed by atoms with Gasteiger partial charge in [0.1, 0.15) is 17.5 Å². The van der Waals surface area contributed by atoms with E-state index in [4.69, 9.17) is 5.84 Å². The molecule has 1 aromatic rings. The molecule has 0 saturated heterocycles. The number of nitrogens with two attached hydrogens (primary N) is 1. The lowest BCUT2D eigenvalue weighted by atomic mass is 9.96. The molecule has 0 atom stereocenters. The van der Waals surface area contributed by atoms with Crippen LogP contribution in [0.15, 0.2) is 6.07 Å². The second-order valence-electron chi connectivity index (χ2n) is 6.30. The number of aromatic nitrogens is 2. The van der Waals surface area contributed by atoms with Crippen LogP contribution in [0.1, 0.15) is 45.4 Å². The van der Waals surface area contributed by atoms with Gasteiger partial charge in [-0.2, -0.15) is 0 Å². The first kappa shape index (κ1) is 13.1. The van der Waals surface area contributed by atoms with E-state index in [0.717, 1.165) is 18.2 Å². The van der Waals surface area contributed by atoms with Gasteiger partial charge in [-0.1, -0.05) is 20.8 Å². The van der Waals surface area contributed by atoms with E-state index >= 15 is 0 Å². The van der Waals surface area contributed by atoms with E-state index in [1.54, 1.807) is 0 Å². The average molecular weight is 249 g/mol. The van der Waals surface area contributed by atoms with Crippen LogP contribution < -0.4 is 16.2 Å². The molecule has 2 rings (SSSR count). The van der Waals surface area contributed by atoms with Gasteiger partial charge in [-0.15, -0.1) is 0 Å². The zero-order chi connectivity index (χ0) is 13.3. The van der Waals surface area contributed by atoms with Crippen molar-refractivity contribution in [3.05, 3.63) is 11.9 Å². The number of nitrogens with zero attached hydrogens (tertiary/aromatic N) is 3. The van der Waals surface area contributed by atoms with Crippen LogP contribution in [0.4, 0.5) is 11.6 Å². The van der Waals surface area contributed by atoms with E-state index in [-0.39, 0.29) is 5.41 Å². The van der Waals surface area contributed by atoms with E-state index in [2.05, 4.69) is 48.1 Å². The molecule has 3 N–H and O–H groups in total. The monoisotopic (exact) mass is 249 g/mol. The molecular weight excluding hydrogens is 226 g/mol. The summed E-state index contributed by atoms with van der Waals surface area (Å²) < 4.78 is 0. The smallest absolute Gasteiger partial charge is 0.145 e. The van der Waals surface area contributed by atoms with Gasteiger partial charge in [0, 0.05) is 25.6 Å². The van der Waals surface area contributed by atoms with Crippen LogP contribution in [-0.2, 0) is 0 Å². The third kappa shape index (κ3) is 3.32. The van der Waals surface area contributed by atoms with Crippen molar-refractivity contribution < 1.29 is 0 Å². The molecule has 1 aromatic heterocycles. The zero-order valence-electron chi connectivity index (χ0n) is 11.7. The van der Waals surface area contributed by atoms with Gasteiger partial charge in [0.15, 0.2) is 0 Å². The molecule has 0 aromatic carbocycles. The van der Waals surface area contributed by atoms with Crippen molar-refractivity contribution in [2.45, 2.75) is 39.5 Å². The zero-order valence-corrected chi connectivity index (χ0v) is 11.7. The van der Waals surface area contributed by atoms with Crippen molar-refractivity contribution in [2.24, 2.45) is 11.3 Å². The number of hydrogen-bond acceptors (Lipinski definition) is 5. The fraction of sp³-hybridized carbons (Fsp3) is 0.692. The lowest BCUT2D eigenvalue weighted by molar-refractivity contribution is 0.417. The summed E-state index contributed by atoms with van der Waals surface area (Å²) in [5, 5.41) is 0. The van der Waals surface area contributed by atoms with Crippen LogP contribution in [0.5, 0.6) is 0 Å². The number of nitrogen functional groups attached to an aromatic ring is 1. The average Bonchev–Trinajstić information content (AvgIpc) is 3.09. The molecule has 1 aliphatic carbocycles. The Morgan fingerprint density at radius 1 is 1.39 bits per heavy atom. The number of nitrogens with one attached hydrogen (secondary N) is 1. The summed E-state index contributed by atoms with van der Waals surface area (Å²) in [5.41, 5.74) is 2.86. The Morgan fingerprint density at radius 3 is 2.56 bits per heavy atom. The molecule has 5 nitrogen and oxygen atoms in total. The van der Waals surface area contributed by atoms with Crippen molar-refractivity contribution in [1.82, 2.24) is 9.97 Å². The Labute approximate surface area is 109 Å². The van der Waals surface area contributed by atoms with Crippen LogP contribution >= 0.6 is 0 Å². The number of rotatable bonds is 4. The lowest BCUT2D eigenvalue weighted by Gasteiger charge is -2.27. The maximum atomic E-state index is 5.48. The maximum absolute atomic E-state index is 5.48. The van der Waals surface area contributed by atoms with Crippen LogP contribution in [0.3, 0.4) is 0 Å². The highest BCUT2D eigenvalue weighted by Gasteiger charge is 2.28. The Bertz CT molecular complexity index is 420. The summed E-state index contributed by atoms with van der Waals surface area (Å²) in [6, 6.07) is 1.90. The summed E-state index contributed by atoms with van der Waals surface area (Å²) in [6.07, 6.45) is 2.38. The topological polar surface area (TPSA) is 67.1 Å². The molecule has 1 saturated carbocycles. The predicted molar refractivity (Wildman–Crippen MR) is 74.5 cm³/mol. The van der Waals surface area contributed by atoms with Crippen molar-refractivity contribution in [2.75, 3.05) is 23.9 Å². The van der Waals surface area contributed by atoms with E-state index in [0.29, 0.717) is 11.7 Å². The van der Waals surface area contributed by atoms with Crippen molar-refractivity contribution >= 4 is 11.6 Å². The summed E-state index contributed by atoms with van der Waals surface area (Å²) in [5.74, 6) is 8.56. The standard InChI is InChI=1S/C13H23N5/c1-13(2,3)8-18(4)11-7-10(17-14)15-12(16-11)9-5-6-9/h7,9H,5-6,8,14H2,1-4H3,(H,15,16,17). The summed E-state index contributed by atoms with van der Waals surface area (Å²) in [6.45, 7) is 7.59. The van der Waals surface area contributed by atoms with Crippen LogP contribution in [0.25, 0.3) is 0 Å². The van der Waals surface area contributed by atoms with Gasteiger partial charge >= 0.3 is 0 Å².